The molecule has 2 atom stereocenters. The van der Waals surface area contributed by atoms with Crippen LogP contribution in [0.3, 0.4) is 0 Å². The topological polar surface area (TPSA) is 29.1 Å². The van der Waals surface area contributed by atoms with Crippen LogP contribution in [0.25, 0.3) is 0 Å². The van der Waals surface area contributed by atoms with Crippen molar-refractivity contribution in [3.63, 3.8) is 0 Å². The highest BCUT2D eigenvalue weighted by Gasteiger charge is 2.42. The summed E-state index contributed by atoms with van der Waals surface area (Å²) in [5.41, 5.74) is 4.26. The molecular weight excluding hydrogens is 198 g/mol. The molecular formula is C14H21NO. The second kappa shape index (κ2) is 3.76. The van der Waals surface area contributed by atoms with Gasteiger partial charge in [0.05, 0.1) is 0 Å². The normalized spacial score (nSPS) is 34.0. The van der Waals surface area contributed by atoms with Gasteiger partial charge in [0.1, 0.15) is 0 Å². The van der Waals surface area contributed by atoms with Gasteiger partial charge in [-0.25, -0.2) is 0 Å². The molecule has 0 unspecified atom stereocenters. The van der Waals surface area contributed by atoms with Gasteiger partial charge in [0.25, 0.3) is 0 Å². The van der Waals surface area contributed by atoms with Crippen LogP contribution in [0.15, 0.2) is 22.9 Å². The first-order valence-electron chi connectivity index (χ1n) is 6.09. The molecule has 2 nitrogen and oxygen atoms in total. The van der Waals surface area contributed by atoms with E-state index in [1.54, 1.807) is 0 Å². The zero-order valence-electron chi connectivity index (χ0n) is 10.7. The first kappa shape index (κ1) is 11.4. The monoisotopic (exact) mass is 219 g/mol. The Bertz CT molecular complexity index is 388. The van der Waals surface area contributed by atoms with Gasteiger partial charge in [0.15, 0.2) is 0 Å². The van der Waals surface area contributed by atoms with Crippen LogP contribution in [0.4, 0.5) is 0 Å². The summed E-state index contributed by atoms with van der Waals surface area (Å²) in [6, 6.07) is 0. The van der Waals surface area contributed by atoms with Gasteiger partial charge in [0, 0.05) is 17.5 Å². The Kier molecular flexibility index (Phi) is 2.69. The summed E-state index contributed by atoms with van der Waals surface area (Å²) in [7, 11) is 0. The third kappa shape index (κ3) is 1.70. The second-order valence-corrected chi connectivity index (χ2v) is 5.67. The highest BCUT2D eigenvalue weighted by molar-refractivity contribution is 5.80. The first-order chi connectivity index (χ1) is 7.43. The molecule has 1 amide bonds. The van der Waals surface area contributed by atoms with E-state index in [9.17, 15) is 4.79 Å². The molecule has 0 radical (unpaired) electrons. The van der Waals surface area contributed by atoms with Crippen LogP contribution in [-0.2, 0) is 4.79 Å². The largest absolute Gasteiger partial charge is 0.330 e. The molecule has 1 aliphatic carbocycles. The third-order valence-corrected chi connectivity index (χ3v) is 4.31. The van der Waals surface area contributed by atoms with Crippen LogP contribution in [0.2, 0.25) is 0 Å². The second-order valence-electron chi connectivity index (χ2n) is 5.67. The molecule has 1 N–H and O–H groups in total. The fourth-order valence-corrected chi connectivity index (χ4v) is 2.79. The van der Waals surface area contributed by atoms with Crippen molar-refractivity contribution in [2.45, 2.75) is 47.0 Å². The zero-order chi connectivity index (χ0) is 11.9. The number of hydrogen-bond donors (Lipinski definition) is 1. The smallest absolute Gasteiger partial charge is 0.224 e. The van der Waals surface area contributed by atoms with Crippen molar-refractivity contribution in [2.75, 3.05) is 0 Å². The summed E-state index contributed by atoms with van der Waals surface area (Å²) in [5.74, 6) is 0.610. The Balaban J connectivity index is 2.38. The average molecular weight is 219 g/mol. The molecule has 1 saturated heterocycles. The highest BCUT2D eigenvalue weighted by atomic mass is 16.1. The van der Waals surface area contributed by atoms with Crippen molar-refractivity contribution < 1.29 is 4.79 Å². The van der Waals surface area contributed by atoms with Gasteiger partial charge in [0.2, 0.25) is 5.91 Å². The summed E-state index contributed by atoms with van der Waals surface area (Å²) >= 11 is 0. The van der Waals surface area contributed by atoms with Gasteiger partial charge in [-0.1, -0.05) is 31.1 Å². The lowest BCUT2D eigenvalue weighted by Gasteiger charge is -2.45. The molecule has 16 heavy (non-hydrogen) atoms. The van der Waals surface area contributed by atoms with Gasteiger partial charge in [-0.2, -0.15) is 0 Å². The minimum absolute atomic E-state index is 0.138. The number of allylic oxidation sites excluding steroid dienone is 4. The summed E-state index contributed by atoms with van der Waals surface area (Å²) in [6.45, 7) is 8.85. The SMILES string of the molecule is CC(C)=C1CC=C2NC(=O)C[C@@H](C)[C@]2(C)C1. The number of piperidine rings is 1. The van der Waals surface area contributed by atoms with Crippen LogP contribution in [-0.4, -0.2) is 5.91 Å². The molecule has 1 fully saturated rings. The number of carbonyl (C=O) groups excluding carboxylic acids is 1. The maximum Gasteiger partial charge on any atom is 0.224 e. The molecule has 0 aromatic carbocycles. The summed E-state index contributed by atoms with van der Waals surface area (Å²) in [5, 5.41) is 3.05. The van der Waals surface area contributed by atoms with Crippen molar-refractivity contribution in [2.24, 2.45) is 11.3 Å². The lowest BCUT2D eigenvalue weighted by Crippen LogP contribution is -2.46. The molecule has 0 saturated carbocycles. The fraction of sp³-hybridized carbons (Fsp3) is 0.643. The quantitative estimate of drug-likeness (QED) is 0.623. The molecule has 0 aromatic heterocycles. The summed E-state index contributed by atoms with van der Waals surface area (Å²) in [6.07, 6.45) is 4.96. The Hall–Kier alpha value is -1.05. The molecule has 2 aliphatic rings. The highest BCUT2D eigenvalue weighted by Crippen LogP contribution is 2.48. The van der Waals surface area contributed by atoms with Crippen LogP contribution in [0.5, 0.6) is 0 Å². The van der Waals surface area contributed by atoms with Crippen molar-refractivity contribution in [3.05, 3.63) is 22.9 Å². The molecule has 88 valence electrons. The lowest BCUT2D eigenvalue weighted by atomic mass is 9.64. The van der Waals surface area contributed by atoms with E-state index in [2.05, 4.69) is 39.1 Å². The predicted molar refractivity (Wildman–Crippen MR) is 65.7 cm³/mol. The van der Waals surface area contributed by atoms with Crippen LogP contribution in [0, 0.1) is 11.3 Å². The minimum atomic E-state index is 0.138. The molecule has 2 heteroatoms. The zero-order valence-corrected chi connectivity index (χ0v) is 10.7. The number of hydrogen-bond acceptors (Lipinski definition) is 1. The maximum atomic E-state index is 11.5. The van der Waals surface area contributed by atoms with Gasteiger partial charge in [-0.15, -0.1) is 0 Å². The summed E-state index contributed by atoms with van der Waals surface area (Å²) in [4.78, 5) is 11.5. The van der Waals surface area contributed by atoms with Crippen molar-refractivity contribution in [3.8, 4) is 0 Å². The van der Waals surface area contributed by atoms with E-state index in [-0.39, 0.29) is 11.3 Å². The number of rotatable bonds is 0. The first-order valence-corrected chi connectivity index (χ1v) is 6.09. The minimum Gasteiger partial charge on any atom is -0.330 e. The number of amides is 1. The van der Waals surface area contributed by atoms with E-state index in [1.165, 1.54) is 11.1 Å². The summed E-state index contributed by atoms with van der Waals surface area (Å²) < 4.78 is 0. The Morgan fingerprint density at radius 3 is 2.81 bits per heavy atom. The van der Waals surface area contributed by atoms with Gasteiger partial charge >= 0.3 is 0 Å². The maximum absolute atomic E-state index is 11.5. The number of fused-ring (bicyclic) bond motifs is 1. The molecule has 1 heterocycles. The van der Waals surface area contributed by atoms with Crippen molar-refractivity contribution in [1.82, 2.24) is 5.32 Å². The van der Waals surface area contributed by atoms with Crippen molar-refractivity contribution >= 4 is 5.91 Å². The Morgan fingerprint density at radius 1 is 1.50 bits per heavy atom. The van der Waals surface area contributed by atoms with Crippen LogP contribution in [0.1, 0.15) is 47.0 Å². The standard InChI is InChI=1S/C14H21NO/c1-9(2)11-5-6-12-14(4,8-11)10(3)7-13(16)15-12/h6,10H,5,7-8H2,1-4H3,(H,15,16)/t10-,14+/m1/s1. The number of nitrogens with one attached hydrogen (secondary N) is 1. The van der Waals surface area contributed by atoms with Gasteiger partial charge in [-0.05, 0) is 32.6 Å². The van der Waals surface area contributed by atoms with E-state index in [0.29, 0.717) is 12.3 Å². The third-order valence-electron chi connectivity index (χ3n) is 4.31. The number of carbonyl (C=O) groups is 1. The molecule has 0 spiro atoms. The predicted octanol–water partition coefficient (Wildman–Crippen LogP) is 3.16. The lowest BCUT2D eigenvalue weighted by molar-refractivity contribution is -0.124. The Morgan fingerprint density at radius 2 is 2.19 bits per heavy atom. The molecule has 0 aromatic rings. The Labute approximate surface area is 97.8 Å². The average Bonchev–Trinajstić information content (AvgIpc) is 2.19. The van der Waals surface area contributed by atoms with Crippen molar-refractivity contribution in [1.29, 1.82) is 0 Å². The van der Waals surface area contributed by atoms with E-state index >= 15 is 0 Å². The van der Waals surface area contributed by atoms with Crippen LogP contribution < -0.4 is 5.32 Å². The molecule has 2 rings (SSSR count). The van der Waals surface area contributed by atoms with E-state index in [4.69, 9.17) is 0 Å². The van der Waals surface area contributed by atoms with E-state index in [0.717, 1.165) is 18.5 Å². The van der Waals surface area contributed by atoms with E-state index < -0.39 is 0 Å². The fourth-order valence-electron chi connectivity index (χ4n) is 2.79. The van der Waals surface area contributed by atoms with Gasteiger partial charge in [-0.3, -0.25) is 4.79 Å². The van der Waals surface area contributed by atoms with E-state index in [1.807, 2.05) is 0 Å². The van der Waals surface area contributed by atoms with Crippen LogP contribution >= 0.6 is 0 Å². The molecule has 0 bridgehead atoms. The van der Waals surface area contributed by atoms with Gasteiger partial charge < -0.3 is 5.32 Å². The molecule has 1 aliphatic heterocycles.